The van der Waals surface area contributed by atoms with Crippen molar-refractivity contribution in [2.24, 2.45) is 5.41 Å². The minimum Gasteiger partial charge on any atom is -0.351 e. The summed E-state index contributed by atoms with van der Waals surface area (Å²) >= 11 is 5.01. The molecule has 82 valence electrons. The second kappa shape index (κ2) is 4.26. The van der Waals surface area contributed by atoms with Crippen LogP contribution in [0.15, 0.2) is 11.4 Å². The largest absolute Gasteiger partial charge is 0.351 e. The predicted octanol–water partition coefficient (Wildman–Crippen LogP) is 2.96. The van der Waals surface area contributed by atoms with E-state index in [1.807, 2.05) is 18.4 Å². The lowest BCUT2D eigenvalue weighted by Crippen LogP contribution is -2.30. The molecular weight excluding hydrogens is 274 g/mol. The number of thiophene rings is 1. The highest BCUT2D eigenvalue weighted by Gasteiger charge is 2.41. The predicted molar refractivity (Wildman–Crippen MR) is 66.9 cm³/mol. The molecule has 0 atom stereocenters. The number of rotatable bonds is 4. The van der Waals surface area contributed by atoms with Crippen molar-refractivity contribution in [3.05, 3.63) is 21.9 Å². The Morgan fingerprint density at radius 3 is 2.87 bits per heavy atom. The van der Waals surface area contributed by atoms with E-state index in [0.29, 0.717) is 5.41 Å². The van der Waals surface area contributed by atoms with E-state index in [-0.39, 0.29) is 5.91 Å². The van der Waals surface area contributed by atoms with Crippen molar-refractivity contribution in [2.75, 3.05) is 11.9 Å². The number of aryl methyl sites for hydroxylation is 1. The zero-order valence-corrected chi connectivity index (χ0v) is 11.1. The van der Waals surface area contributed by atoms with Crippen LogP contribution in [0.3, 0.4) is 0 Å². The van der Waals surface area contributed by atoms with Crippen LogP contribution in [0.5, 0.6) is 0 Å². The second-order valence-electron chi connectivity index (χ2n) is 4.25. The van der Waals surface area contributed by atoms with Gasteiger partial charge in [0.15, 0.2) is 0 Å². The van der Waals surface area contributed by atoms with Crippen LogP contribution >= 0.6 is 27.3 Å². The van der Waals surface area contributed by atoms with E-state index in [1.165, 1.54) is 24.2 Å². The Morgan fingerprint density at radius 1 is 1.67 bits per heavy atom. The minimum absolute atomic E-state index is 0.0784. The Balaban J connectivity index is 1.91. The molecule has 15 heavy (non-hydrogen) atoms. The van der Waals surface area contributed by atoms with Gasteiger partial charge in [0.2, 0.25) is 0 Å². The number of nitrogens with one attached hydrogen (secondary N) is 1. The zero-order chi connectivity index (χ0) is 10.9. The summed E-state index contributed by atoms with van der Waals surface area (Å²) < 4.78 is 0. The van der Waals surface area contributed by atoms with Crippen LogP contribution in [0, 0.1) is 12.3 Å². The van der Waals surface area contributed by atoms with Gasteiger partial charge in [0.05, 0.1) is 4.88 Å². The van der Waals surface area contributed by atoms with Crippen LogP contribution in [0.1, 0.15) is 28.1 Å². The van der Waals surface area contributed by atoms with Gasteiger partial charge in [0.1, 0.15) is 0 Å². The molecule has 1 aromatic rings. The molecule has 1 saturated carbocycles. The molecule has 0 saturated heterocycles. The molecule has 4 heteroatoms. The summed E-state index contributed by atoms with van der Waals surface area (Å²) in [6, 6.07) is 1.98. The normalized spacial score (nSPS) is 17.5. The highest BCUT2D eigenvalue weighted by Crippen LogP contribution is 2.46. The molecular formula is C11H14BrNOS. The summed E-state index contributed by atoms with van der Waals surface area (Å²) in [6.45, 7) is 2.78. The average molecular weight is 288 g/mol. The van der Waals surface area contributed by atoms with Crippen LogP contribution in [0.25, 0.3) is 0 Å². The van der Waals surface area contributed by atoms with E-state index in [9.17, 15) is 4.79 Å². The first-order valence-corrected chi connectivity index (χ1v) is 7.05. The molecule has 1 aliphatic rings. The van der Waals surface area contributed by atoms with Gasteiger partial charge in [-0.05, 0) is 42.2 Å². The first-order chi connectivity index (χ1) is 7.17. The second-order valence-corrected chi connectivity index (χ2v) is 5.73. The number of hydrogen-bond donors (Lipinski definition) is 1. The Morgan fingerprint density at radius 2 is 2.40 bits per heavy atom. The Kier molecular flexibility index (Phi) is 3.16. The number of halogens is 1. The monoisotopic (exact) mass is 287 g/mol. The molecule has 0 aliphatic heterocycles. The first-order valence-electron chi connectivity index (χ1n) is 5.05. The fourth-order valence-corrected chi connectivity index (χ4v) is 3.09. The van der Waals surface area contributed by atoms with E-state index in [0.717, 1.165) is 22.3 Å². The third-order valence-corrected chi connectivity index (χ3v) is 5.14. The number of amides is 1. The van der Waals surface area contributed by atoms with Crippen LogP contribution in [-0.4, -0.2) is 17.8 Å². The molecule has 0 spiro atoms. The molecule has 1 amide bonds. The van der Waals surface area contributed by atoms with Gasteiger partial charge in [0.25, 0.3) is 5.91 Å². The molecule has 0 bridgehead atoms. The molecule has 2 rings (SSSR count). The summed E-state index contributed by atoms with van der Waals surface area (Å²) in [7, 11) is 0. The maximum Gasteiger partial charge on any atom is 0.261 e. The standard InChI is InChI=1S/C11H14BrNOS/c1-8-2-5-15-9(8)10(14)13-7-11(6-12)3-4-11/h2,5H,3-4,6-7H2,1H3,(H,13,14). The van der Waals surface area contributed by atoms with Crippen LogP contribution in [0.4, 0.5) is 0 Å². The maximum atomic E-state index is 11.8. The van der Waals surface area contributed by atoms with Gasteiger partial charge < -0.3 is 5.32 Å². The molecule has 2 nitrogen and oxygen atoms in total. The van der Waals surface area contributed by atoms with Gasteiger partial charge in [-0.15, -0.1) is 11.3 Å². The van der Waals surface area contributed by atoms with Gasteiger partial charge >= 0.3 is 0 Å². The maximum absolute atomic E-state index is 11.8. The van der Waals surface area contributed by atoms with Crippen molar-refractivity contribution in [1.29, 1.82) is 0 Å². The Labute approximate surface area is 102 Å². The number of carbonyl (C=O) groups excluding carboxylic acids is 1. The molecule has 0 unspecified atom stereocenters. The lowest BCUT2D eigenvalue weighted by atomic mass is 10.1. The zero-order valence-electron chi connectivity index (χ0n) is 8.68. The topological polar surface area (TPSA) is 29.1 Å². The third-order valence-electron chi connectivity index (χ3n) is 2.93. The van der Waals surface area contributed by atoms with Gasteiger partial charge in [0, 0.05) is 11.9 Å². The SMILES string of the molecule is Cc1ccsc1C(=O)NCC1(CBr)CC1. The fourth-order valence-electron chi connectivity index (χ4n) is 1.49. The summed E-state index contributed by atoms with van der Waals surface area (Å²) in [5, 5.41) is 5.97. The first kappa shape index (κ1) is 11.1. The van der Waals surface area contributed by atoms with Crippen LogP contribution in [0.2, 0.25) is 0 Å². The van der Waals surface area contributed by atoms with E-state index >= 15 is 0 Å². The summed E-state index contributed by atoms with van der Waals surface area (Å²) in [6.07, 6.45) is 2.45. The Bertz CT molecular complexity index is 370. The molecule has 1 heterocycles. The summed E-state index contributed by atoms with van der Waals surface area (Å²) in [4.78, 5) is 12.6. The molecule has 1 aromatic heterocycles. The van der Waals surface area contributed by atoms with Crippen molar-refractivity contribution < 1.29 is 4.79 Å². The molecule has 1 aliphatic carbocycles. The lowest BCUT2D eigenvalue weighted by molar-refractivity contribution is 0.0950. The average Bonchev–Trinajstić information content (AvgIpc) is 2.91. The molecule has 1 fully saturated rings. The van der Waals surface area contributed by atoms with E-state index < -0.39 is 0 Å². The Hall–Kier alpha value is -0.350. The number of alkyl halides is 1. The van der Waals surface area contributed by atoms with Gasteiger partial charge in [-0.1, -0.05) is 15.9 Å². The van der Waals surface area contributed by atoms with Crippen molar-refractivity contribution in [1.82, 2.24) is 5.32 Å². The third kappa shape index (κ3) is 2.42. The summed E-state index contributed by atoms with van der Waals surface area (Å²) in [5.74, 6) is 0.0784. The number of hydrogen-bond acceptors (Lipinski definition) is 2. The molecule has 0 radical (unpaired) electrons. The summed E-state index contributed by atoms with van der Waals surface area (Å²) in [5.41, 5.74) is 1.42. The van der Waals surface area contributed by atoms with Crippen molar-refractivity contribution >= 4 is 33.2 Å². The van der Waals surface area contributed by atoms with E-state index in [2.05, 4.69) is 21.2 Å². The van der Waals surface area contributed by atoms with Gasteiger partial charge in [-0.3, -0.25) is 4.79 Å². The van der Waals surface area contributed by atoms with Crippen LogP contribution in [-0.2, 0) is 0 Å². The smallest absolute Gasteiger partial charge is 0.261 e. The fraction of sp³-hybridized carbons (Fsp3) is 0.545. The van der Waals surface area contributed by atoms with Crippen LogP contribution < -0.4 is 5.32 Å². The van der Waals surface area contributed by atoms with Crippen molar-refractivity contribution in [3.63, 3.8) is 0 Å². The van der Waals surface area contributed by atoms with Gasteiger partial charge in [-0.25, -0.2) is 0 Å². The minimum atomic E-state index is 0.0784. The highest BCUT2D eigenvalue weighted by atomic mass is 79.9. The van der Waals surface area contributed by atoms with E-state index in [1.54, 1.807) is 0 Å². The molecule has 0 aromatic carbocycles. The lowest BCUT2D eigenvalue weighted by Gasteiger charge is -2.12. The highest BCUT2D eigenvalue weighted by molar-refractivity contribution is 9.09. The molecule has 1 N–H and O–H groups in total. The quantitative estimate of drug-likeness (QED) is 0.848. The van der Waals surface area contributed by atoms with Gasteiger partial charge in [-0.2, -0.15) is 0 Å². The van der Waals surface area contributed by atoms with Crippen molar-refractivity contribution in [3.8, 4) is 0 Å². The van der Waals surface area contributed by atoms with Crippen molar-refractivity contribution in [2.45, 2.75) is 19.8 Å². The number of carbonyl (C=O) groups is 1. The van der Waals surface area contributed by atoms with E-state index in [4.69, 9.17) is 0 Å².